The minimum absolute atomic E-state index is 0.0207. The Labute approximate surface area is 192 Å². The van der Waals surface area contributed by atoms with Crippen LogP contribution in [0.1, 0.15) is 48.0 Å². The van der Waals surface area contributed by atoms with Gasteiger partial charge in [0.1, 0.15) is 5.82 Å². The van der Waals surface area contributed by atoms with E-state index in [2.05, 4.69) is 13.0 Å². The number of nitriles is 1. The number of hydrogen-bond acceptors (Lipinski definition) is 4. The largest absolute Gasteiger partial charge is 0.269 e. The lowest BCUT2D eigenvalue weighted by molar-refractivity contribution is 0.734. The van der Waals surface area contributed by atoms with E-state index in [0.29, 0.717) is 23.4 Å². The molecule has 4 nitrogen and oxygen atoms in total. The van der Waals surface area contributed by atoms with Gasteiger partial charge < -0.3 is 0 Å². The molecule has 0 aliphatic carbocycles. The van der Waals surface area contributed by atoms with Gasteiger partial charge in [0.2, 0.25) is 0 Å². The summed E-state index contributed by atoms with van der Waals surface area (Å²) in [4.78, 5) is 18.4. The fourth-order valence-electron chi connectivity index (χ4n) is 4.00. The van der Waals surface area contributed by atoms with Crippen LogP contribution in [0, 0.1) is 18.3 Å². The van der Waals surface area contributed by atoms with Crippen molar-refractivity contribution in [2.45, 2.75) is 39.5 Å². The monoisotopic (exact) mass is 439 g/mol. The molecule has 160 valence electrons. The molecule has 0 amide bonds. The van der Waals surface area contributed by atoms with Crippen molar-refractivity contribution >= 4 is 11.3 Å². The Morgan fingerprint density at radius 3 is 2.62 bits per heavy atom. The van der Waals surface area contributed by atoms with Crippen LogP contribution in [0.4, 0.5) is 0 Å². The third kappa shape index (κ3) is 4.42. The first-order valence-electron chi connectivity index (χ1n) is 10.8. The summed E-state index contributed by atoms with van der Waals surface area (Å²) in [5, 5.41) is 13.7. The number of nitrogens with zero attached hydrogens (tertiary/aromatic N) is 3. The minimum Gasteiger partial charge on any atom is -0.269 e. The molecule has 0 radical (unpaired) electrons. The summed E-state index contributed by atoms with van der Waals surface area (Å²) in [6, 6.07) is 20.1. The quantitative estimate of drug-likeness (QED) is 0.351. The molecule has 2 aromatic heterocycles. The van der Waals surface area contributed by atoms with Gasteiger partial charge in [-0.25, -0.2) is 4.98 Å². The number of aromatic nitrogens is 2. The van der Waals surface area contributed by atoms with Crippen LogP contribution in [0.2, 0.25) is 0 Å². The normalized spacial score (nSPS) is 10.8. The minimum atomic E-state index is -0.0207. The van der Waals surface area contributed by atoms with Crippen LogP contribution in [-0.4, -0.2) is 9.55 Å². The van der Waals surface area contributed by atoms with Gasteiger partial charge in [-0.1, -0.05) is 55.8 Å². The summed E-state index contributed by atoms with van der Waals surface area (Å²) < 4.78 is 1.70. The highest BCUT2D eigenvalue weighted by molar-refractivity contribution is 7.08. The zero-order valence-corrected chi connectivity index (χ0v) is 19.2. The highest BCUT2D eigenvalue weighted by Crippen LogP contribution is 2.25. The zero-order valence-electron chi connectivity index (χ0n) is 18.3. The predicted molar refractivity (Wildman–Crippen MR) is 130 cm³/mol. The SMILES string of the molecule is CCCCc1nc(C)n(-c2ccsc2)c(=O)c1Cc1ccc(-c2ccccc2)c(C#N)c1. The fourth-order valence-corrected chi connectivity index (χ4v) is 4.62. The maximum Gasteiger partial charge on any atom is 0.261 e. The zero-order chi connectivity index (χ0) is 22.5. The molecule has 0 fully saturated rings. The Morgan fingerprint density at radius 1 is 1.12 bits per heavy atom. The molecule has 0 N–H and O–H groups in total. The molecule has 0 bridgehead atoms. The Bertz CT molecular complexity index is 1320. The van der Waals surface area contributed by atoms with Crippen molar-refractivity contribution < 1.29 is 0 Å². The van der Waals surface area contributed by atoms with E-state index in [1.54, 1.807) is 15.9 Å². The lowest BCUT2D eigenvalue weighted by Crippen LogP contribution is -2.28. The predicted octanol–water partition coefficient (Wildman–Crippen LogP) is 6.07. The summed E-state index contributed by atoms with van der Waals surface area (Å²) in [5.41, 5.74) is 5.88. The highest BCUT2D eigenvalue weighted by atomic mass is 32.1. The van der Waals surface area contributed by atoms with Gasteiger partial charge >= 0.3 is 0 Å². The van der Waals surface area contributed by atoms with E-state index in [4.69, 9.17) is 4.98 Å². The van der Waals surface area contributed by atoms with Crippen molar-refractivity contribution in [1.29, 1.82) is 5.26 Å². The van der Waals surface area contributed by atoms with Crippen molar-refractivity contribution in [1.82, 2.24) is 9.55 Å². The molecular weight excluding hydrogens is 414 g/mol. The van der Waals surface area contributed by atoms with Crippen molar-refractivity contribution in [2.24, 2.45) is 0 Å². The van der Waals surface area contributed by atoms with Gasteiger partial charge in [-0.15, -0.1) is 0 Å². The van der Waals surface area contributed by atoms with E-state index < -0.39 is 0 Å². The van der Waals surface area contributed by atoms with Crippen molar-refractivity contribution in [3.05, 3.63) is 104 Å². The number of aryl methyl sites for hydroxylation is 2. The molecule has 0 spiro atoms. The first-order valence-corrected chi connectivity index (χ1v) is 11.8. The van der Waals surface area contributed by atoms with Gasteiger partial charge in [-0.2, -0.15) is 16.6 Å². The molecule has 0 aliphatic heterocycles. The molecule has 5 heteroatoms. The van der Waals surface area contributed by atoms with Crippen LogP contribution in [0.3, 0.4) is 0 Å². The summed E-state index contributed by atoms with van der Waals surface area (Å²) in [5.74, 6) is 0.709. The molecule has 4 aromatic rings. The van der Waals surface area contributed by atoms with Gasteiger partial charge in [0, 0.05) is 17.4 Å². The van der Waals surface area contributed by atoms with Crippen LogP contribution in [-0.2, 0) is 12.8 Å². The van der Waals surface area contributed by atoms with E-state index in [1.807, 2.05) is 72.3 Å². The van der Waals surface area contributed by atoms with Crippen molar-refractivity contribution in [3.63, 3.8) is 0 Å². The van der Waals surface area contributed by atoms with Crippen LogP contribution >= 0.6 is 11.3 Å². The van der Waals surface area contributed by atoms with Gasteiger partial charge in [-0.05, 0) is 54.0 Å². The van der Waals surface area contributed by atoms with Crippen molar-refractivity contribution in [2.75, 3.05) is 0 Å². The molecule has 0 saturated heterocycles. The molecule has 2 aromatic carbocycles. The second-order valence-electron chi connectivity index (χ2n) is 7.84. The molecule has 32 heavy (non-hydrogen) atoms. The average molecular weight is 440 g/mol. The number of benzene rings is 2. The maximum absolute atomic E-state index is 13.6. The van der Waals surface area contributed by atoms with E-state index in [0.717, 1.165) is 47.3 Å². The second-order valence-corrected chi connectivity index (χ2v) is 8.62. The summed E-state index contributed by atoms with van der Waals surface area (Å²) >= 11 is 1.56. The van der Waals surface area contributed by atoms with Crippen LogP contribution < -0.4 is 5.56 Å². The first kappa shape index (κ1) is 21.7. The molecule has 2 heterocycles. The number of hydrogen-bond donors (Lipinski definition) is 0. The summed E-state index contributed by atoms with van der Waals surface area (Å²) in [6.45, 7) is 4.03. The van der Waals surface area contributed by atoms with E-state index >= 15 is 0 Å². The van der Waals surface area contributed by atoms with Gasteiger partial charge in [0.05, 0.1) is 23.0 Å². The molecule has 0 saturated carbocycles. The van der Waals surface area contributed by atoms with E-state index in [9.17, 15) is 10.1 Å². The Balaban J connectivity index is 1.79. The third-order valence-corrected chi connectivity index (χ3v) is 6.30. The Hall–Kier alpha value is -3.49. The number of thiophene rings is 1. The molecule has 0 unspecified atom stereocenters. The summed E-state index contributed by atoms with van der Waals surface area (Å²) in [7, 11) is 0. The van der Waals surface area contributed by atoms with Gasteiger partial charge in [-0.3, -0.25) is 9.36 Å². The maximum atomic E-state index is 13.6. The molecule has 4 rings (SSSR count). The van der Waals surface area contributed by atoms with Crippen LogP contribution in [0.5, 0.6) is 0 Å². The summed E-state index contributed by atoms with van der Waals surface area (Å²) in [6.07, 6.45) is 3.26. The third-order valence-electron chi connectivity index (χ3n) is 5.63. The Kier molecular flexibility index (Phi) is 6.63. The molecule has 0 aliphatic rings. The average Bonchev–Trinajstić information content (AvgIpc) is 3.34. The highest BCUT2D eigenvalue weighted by Gasteiger charge is 2.17. The standard InChI is InChI=1S/C27H25N3OS/c1-3-4-10-26-25(27(31)30(19(2)29-26)23-13-14-32-18-23)16-20-11-12-24(22(15-20)17-28)21-8-6-5-7-9-21/h5-9,11-15,18H,3-4,10,16H2,1-2H3. The fraction of sp³-hybridized carbons (Fsp3) is 0.222. The first-order chi connectivity index (χ1) is 15.6. The topological polar surface area (TPSA) is 58.7 Å². The van der Waals surface area contributed by atoms with Crippen LogP contribution in [0.15, 0.2) is 70.2 Å². The smallest absolute Gasteiger partial charge is 0.261 e. The van der Waals surface area contributed by atoms with E-state index in [1.165, 1.54) is 0 Å². The Morgan fingerprint density at radius 2 is 1.94 bits per heavy atom. The van der Waals surface area contributed by atoms with Crippen LogP contribution in [0.25, 0.3) is 16.8 Å². The molecular formula is C27H25N3OS. The number of rotatable bonds is 7. The molecule has 0 atom stereocenters. The van der Waals surface area contributed by atoms with Crippen molar-refractivity contribution in [3.8, 4) is 22.9 Å². The number of unbranched alkanes of at least 4 members (excludes halogenated alkanes) is 1. The van der Waals surface area contributed by atoms with E-state index in [-0.39, 0.29) is 5.56 Å². The lowest BCUT2D eigenvalue weighted by Gasteiger charge is -2.15. The van der Waals surface area contributed by atoms with Gasteiger partial charge in [0.25, 0.3) is 5.56 Å². The van der Waals surface area contributed by atoms with Gasteiger partial charge in [0.15, 0.2) is 0 Å². The lowest BCUT2D eigenvalue weighted by atomic mass is 9.95. The second kappa shape index (κ2) is 9.76.